The van der Waals surface area contributed by atoms with E-state index in [2.05, 4.69) is 26.1 Å². The lowest BCUT2D eigenvalue weighted by Crippen LogP contribution is -2.61. The fraction of sp³-hybridized carbons (Fsp3) is 0.949. The lowest BCUT2D eigenvalue weighted by Gasteiger charge is -2.41. The Hall–Kier alpha value is -1.60. The molecule has 6 N–H and O–H groups in total. The molecule has 1 rings (SSSR count). The molecule has 8 unspecified atom stereocenters. The fourth-order valence-electron chi connectivity index (χ4n) is 13.0. The zero-order chi connectivity index (χ0) is 64.6. The lowest BCUT2D eigenvalue weighted by atomic mass is 9.99. The van der Waals surface area contributed by atoms with Gasteiger partial charge in [0.1, 0.15) is 24.4 Å². The third-order valence-electron chi connectivity index (χ3n) is 19.2. The van der Waals surface area contributed by atoms with Crippen LogP contribution in [-0.2, 0) is 23.8 Å². The number of hydrogen-bond donors (Lipinski definition) is 6. The second-order valence-electron chi connectivity index (χ2n) is 27.8. The molecule has 0 aromatic rings. The molecule has 0 bridgehead atoms. The first-order chi connectivity index (χ1) is 43.7. The van der Waals surface area contributed by atoms with E-state index < -0.39 is 67.4 Å². The van der Waals surface area contributed by atoms with Crippen LogP contribution in [0.2, 0.25) is 0 Å². The van der Waals surface area contributed by atoms with Crippen LogP contribution >= 0.6 is 0 Å². The number of ether oxygens (including phenoxy) is 3. The van der Waals surface area contributed by atoms with Gasteiger partial charge in [0.15, 0.2) is 12.4 Å². The van der Waals surface area contributed by atoms with Gasteiger partial charge in [-0.15, -0.1) is 0 Å². The van der Waals surface area contributed by atoms with E-state index in [0.717, 1.165) is 57.8 Å². The Bertz CT molecular complexity index is 1500. The Labute approximate surface area is 550 Å². The minimum Gasteiger partial charge on any atom is -0.454 e. The molecule has 1 saturated heterocycles. The number of aliphatic hydroxyl groups is 5. The van der Waals surface area contributed by atoms with E-state index in [1.165, 1.54) is 308 Å². The molecule has 8 atom stereocenters. The van der Waals surface area contributed by atoms with E-state index in [1.807, 2.05) is 6.08 Å². The standard InChI is InChI=1S/C78H151NO10/c1-4-7-10-13-16-19-22-25-27-29-31-33-35-37-38-40-42-44-47-50-53-56-59-62-65-71(82)77(86)79-69(70(81)64-61-58-55-52-49-46-24-21-18-15-12-9-6-3)68-87-78-76(75(85)74(84)72(67-80)88-78)89-73(83)66-63-60-57-54-51-48-45-43-41-39-36-34-32-30-28-26-23-20-17-14-11-8-5-2/h61,64,69-72,74-76,78,80-82,84-85H,4-60,62-63,65-68H2,1-3H3,(H,79,86)/b64-61+. The number of aliphatic hydroxyl groups excluding tert-OH is 5. The molecule has 0 spiro atoms. The molecule has 0 saturated carbocycles. The molecule has 528 valence electrons. The summed E-state index contributed by atoms with van der Waals surface area (Å²) in [7, 11) is 0. The summed E-state index contributed by atoms with van der Waals surface area (Å²) in [5.74, 6) is -1.17. The van der Waals surface area contributed by atoms with Gasteiger partial charge in [0.05, 0.1) is 25.4 Å². The first-order valence-electron chi connectivity index (χ1n) is 39.5. The van der Waals surface area contributed by atoms with Crippen LogP contribution in [-0.4, -0.2) is 99.6 Å². The molecular formula is C78H151NO10. The lowest BCUT2D eigenvalue weighted by molar-refractivity contribution is -0.305. The fourth-order valence-corrected chi connectivity index (χ4v) is 13.0. The Balaban J connectivity index is 2.51. The number of rotatable bonds is 70. The molecule has 1 heterocycles. The number of carbonyl (C=O) groups is 2. The number of esters is 1. The SMILES string of the molecule is CCCCCCCCCCCCC/C=C/C(O)C(COC1OC(CO)C(O)C(O)C1OC(=O)CCCCCCCCCCCCCCCCCCCCCCCCC)NC(=O)C(O)CCCCCCCCCCCCCCCCCCCCCCCCCC. The Kier molecular flexibility index (Phi) is 63.7. The summed E-state index contributed by atoms with van der Waals surface area (Å²) in [6.07, 6.45) is 69.8. The van der Waals surface area contributed by atoms with Gasteiger partial charge in [0.2, 0.25) is 5.91 Å². The summed E-state index contributed by atoms with van der Waals surface area (Å²) < 4.78 is 17.8. The minimum atomic E-state index is -1.61. The van der Waals surface area contributed by atoms with Gasteiger partial charge in [-0.25, -0.2) is 0 Å². The van der Waals surface area contributed by atoms with Crippen LogP contribution in [0, 0.1) is 0 Å². The van der Waals surface area contributed by atoms with Crippen LogP contribution < -0.4 is 5.32 Å². The first-order valence-corrected chi connectivity index (χ1v) is 39.5. The van der Waals surface area contributed by atoms with Crippen LogP contribution in [0.3, 0.4) is 0 Å². The van der Waals surface area contributed by atoms with Gasteiger partial charge in [-0.3, -0.25) is 9.59 Å². The Morgan fingerprint density at radius 1 is 0.427 bits per heavy atom. The van der Waals surface area contributed by atoms with Crippen molar-refractivity contribution in [1.29, 1.82) is 0 Å². The van der Waals surface area contributed by atoms with Gasteiger partial charge in [-0.2, -0.15) is 0 Å². The number of allylic oxidation sites excluding steroid dienone is 1. The van der Waals surface area contributed by atoms with Crippen molar-refractivity contribution < 1.29 is 49.3 Å². The predicted molar refractivity (Wildman–Crippen MR) is 375 cm³/mol. The van der Waals surface area contributed by atoms with E-state index in [-0.39, 0.29) is 13.0 Å². The molecule has 0 aliphatic carbocycles. The summed E-state index contributed by atoms with van der Waals surface area (Å²) in [6, 6.07) is -1.02. The maximum atomic E-state index is 13.5. The van der Waals surface area contributed by atoms with Gasteiger partial charge in [-0.05, 0) is 25.7 Å². The second-order valence-corrected chi connectivity index (χ2v) is 27.8. The number of carbonyl (C=O) groups excluding carboxylic acids is 2. The molecular weight excluding hydrogens is 1110 g/mol. The molecule has 0 radical (unpaired) electrons. The second kappa shape index (κ2) is 66.4. The largest absolute Gasteiger partial charge is 0.454 e. The monoisotopic (exact) mass is 1260 g/mol. The molecule has 11 nitrogen and oxygen atoms in total. The van der Waals surface area contributed by atoms with E-state index in [0.29, 0.717) is 19.3 Å². The summed E-state index contributed by atoms with van der Waals surface area (Å²) in [6.45, 7) is 5.89. The van der Waals surface area contributed by atoms with Crippen molar-refractivity contribution in [3.05, 3.63) is 12.2 Å². The van der Waals surface area contributed by atoms with Gasteiger partial charge in [-0.1, -0.05) is 392 Å². The maximum absolute atomic E-state index is 13.5. The quantitative estimate of drug-likeness (QED) is 0.0195. The summed E-state index contributed by atoms with van der Waals surface area (Å²) in [5, 5.41) is 57.4. The van der Waals surface area contributed by atoms with Crippen molar-refractivity contribution in [2.75, 3.05) is 13.2 Å². The normalized spacial score (nSPS) is 18.0. The van der Waals surface area contributed by atoms with E-state index in [4.69, 9.17) is 14.2 Å². The molecule has 0 aromatic heterocycles. The van der Waals surface area contributed by atoms with Gasteiger partial charge in [0, 0.05) is 6.42 Å². The van der Waals surface area contributed by atoms with Crippen molar-refractivity contribution in [1.82, 2.24) is 5.32 Å². The van der Waals surface area contributed by atoms with Crippen molar-refractivity contribution in [2.24, 2.45) is 0 Å². The van der Waals surface area contributed by atoms with Crippen molar-refractivity contribution in [3.8, 4) is 0 Å². The highest BCUT2D eigenvalue weighted by atomic mass is 16.7. The maximum Gasteiger partial charge on any atom is 0.306 e. The highest BCUT2D eigenvalue weighted by molar-refractivity contribution is 5.80. The smallest absolute Gasteiger partial charge is 0.306 e. The average Bonchev–Trinajstić information content (AvgIpc) is 3.18. The third-order valence-corrected chi connectivity index (χ3v) is 19.2. The predicted octanol–water partition coefficient (Wildman–Crippen LogP) is 21.0. The molecule has 1 fully saturated rings. The van der Waals surface area contributed by atoms with Crippen LogP contribution in [0.25, 0.3) is 0 Å². The van der Waals surface area contributed by atoms with Crippen LogP contribution in [0.5, 0.6) is 0 Å². The van der Waals surface area contributed by atoms with E-state index in [9.17, 15) is 35.1 Å². The highest BCUT2D eigenvalue weighted by Crippen LogP contribution is 2.27. The van der Waals surface area contributed by atoms with Crippen molar-refractivity contribution in [2.45, 2.75) is 461 Å². The number of hydrogen-bond acceptors (Lipinski definition) is 10. The highest BCUT2D eigenvalue weighted by Gasteiger charge is 2.47. The molecule has 89 heavy (non-hydrogen) atoms. The van der Waals surface area contributed by atoms with Crippen molar-refractivity contribution in [3.63, 3.8) is 0 Å². The Morgan fingerprint density at radius 2 is 0.730 bits per heavy atom. The number of amides is 1. The van der Waals surface area contributed by atoms with E-state index >= 15 is 0 Å². The van der Waals surface area contributed by atoms with Crippen molar-refractivity contribution >= 4 is 11.9 Å². The van der Waals surface area contributed by atoms with Crippen LogP contribution in [0.1, 0.15) is 412 Å². The number of unbranched alkanes of at least 4 members (excludes halogenated alkanes) is 56. The molecule has 1 aliphatic heterocycles. The minimum absolute atomic E-state index is 0.132. The zero-order valence-corrected chi connectivity index (χ0v) is 59.1. The van der Waals surface area contributed by atoms with Gasteiger partial charge in [0.25, 0.3) is 0 Å². The van der Waals surface area contributed by atoms with E-state index in [1.54, 1.807) is 6.08 Å². The number of nitrogens with one attached hydrogen (secondary N) is 1. The first kappa shape index (κ1) is 85.4. The zero-order valence-electron chi connectivity index (χ0n) is 59.1. The average molecular weight is 1260 g/mol. The summed E-state index contributed by atoms with van der Waals surface area (Å²) in [5.41, 5.74) is 0. The Morgan fingerprint density at radius 3 is 1.06 bits per heavy atom. The van der Waals surface area contributed by atoms with Gasteiger partial charge >= 0.3 is 5.97 Å². The van der Waals surface area contributed by atoms with Gasteiger partial charge < -0.3 is 45.1 Å². The molecule has 11 heteroatoms. The summed E-state index contributed by atoms with van der Waals surface area (Å²) in [4.78, 5) is 26.8. The summed E-state index contributed by atoms with van der Waals surface area (Å²) >= 11 is 0. The molecule has 0 aromatic carbocycles. The third kappa shape index (κ3) is 53.4. The molecule has 1 aliphatic rings. The van der Waals surface area contributed by atoms with Crippen LogP contribution in [0.15, 0.2) is 12.2 Å². The molecule has 1 amide bonds. The topological polar surface area (TPSA) is 175 Å². The van der Waals surface area contributed by atoms with Crippen LogP contribution in [0.4, 0.5) is 0 Å².